The smallest absolute Gasteiger partial charge is 0.330 e. The Hall–Kier alpha value is -3.25. The lowest BCUT2D eigenvalue weighted by Gasteiger charge is -2.38. The number of nitriles is 1. The minimum atomic E-state index is -2.28. The molecule has 1 aliphatic carbocycles. The Balaban J connectivity index is 2.27. The van der Waals surface area contributed by atoms with Crippen molar-refractivity contribution in [1.29, 1.82) is 5.26 Å². The van der Waals surface area contributed by atoms with Gasteiger partial charge in [-0.2, -0.15) is 5.26 Å². The summed E-state index contributed by atoms with van der Waals surface area (Å²) in [7, 11) is 0. The van der Waals surface area contributed by atoms with Gasteiger partial charge >= 0.3 is 11.9 Å². The second-order valence-corrected chi connectivity index (χ2v) is 7.47. The molecule has 3 rings (SSSR count). The summed E-state index contributed by atoms with van der Waals surface area (Å²) in [6.07, 6.45) is -0.338. The van der Waals surface area contributed by atoms with Crippen LogP contribution >= 0.6 is 12.2 Å². The van der Waals surface area contributed by atoms with E-state index in [4.69, 9.17) is 27.4 Å². The monoisotopic (exact) mass is 427 g/mol. The summed E-state index contributed by atoms with van der Waals surface area (Å²) in [5.74, 6) is -2.62. The number of amides is 1. The van der Waals surface area contributed by atoms with Gasteiger partial charge in [0.25, 0.3) is 0 Å². The summed E-state index contributed by atoms with van der Waals surface area (Å²) in [6.45, 7) is 3.04. The molecule has 156 valence electrons. The highest BCUT2D eigenvalue weighted by atomic mass is 32.1. The van der Waals surface area contributed by atoms with Crippen molar-refractivity contribution in [2.45, 2.75) is 26.7 Å². The van der Waals surface area contributed by atoms with Crippen LogP contribution in [0.1, 0.15) is 26.7 Å². The molecule has 2 aliphatic rings. The molecule has 0 saturated carbocycles. The summed E-state index contributed by atoms with van der Waals surface area (Å²) in [5, 5.41) is 9.62. The molecule has 1 fully saturated rings. The highest BCUT2D eigenvalue weighted by molar-refractivity contribution is 7.80. The second kappa shape index (κ2) is 7.88. The average molecular weight is 427 g/mol. The first kappa shape index (κ1) is 21.5. The van der Waals surface area contributed by atoms with Crippen LogP contribution in [0.4, 0.5) is 5.69 Å². The number of nitrogens with zero attached hydrogens (tertiary/aromatic N) is 2. The van der Waals surface area contributed by atoms with Crippen LogP contribution in [0.5, 0.6) is 0 Å². The van der Waals surface area contributed by atoms with Crippen LogP contribution in [0.15, 0.2) is 41.6 Å². The average Bonchev–Trinajstić information content (AvgIpc) is 3.13. The van der Waals surface area contributed by atoms with Gasteiger partial charge in [-0.1, -0.05) is 30.4 Å². The molecular weight excluding hydrogens is 406 g/mol. The van der Waals surface area contributed by atoms with Crippen LogP contribution in [-0.4, -0.2) is 36.0 Å². The maximum atomic E-state index is 13.8. The van der Waals surface area contributed by atoms with Crippen molar-refractivity contribution >= 4 is 40.7 Å². The van der Waals surface area contributed by atoms with Gasteiger partial charge in [-0.25, -0.2) is 0 Å². The third-order valence-electron chi connectivity index (χ3n) is 5.55. The number of anilines is 1. The molecular formula is C21H21N3O5S. The minimum Gasteiger partial charge on any atom is -0.465 e. The summed E-state index contributed by atoms with van der Waals surface area (Å²) in [6, 6.07) is 10.6. The molecule has 1 amide bonds. The van der Waals surface area contributed by atoms with E-state index in [0.717, 1.165) is 0 Å². The Labute approximate surface area is 179 Å². The molecule has 1 aliphatic heterocycles. The Morgan fingerprint density at radius 1 is 1.17 bits per heavy atom. The summed E-state index contributed by atoms with van der Waals surface area (Å²) >= 11 is 5.49. The van der Waals surface area contributed by atoms with Gasteiger partial charge in [0.1, 0.15) is 0 Å². The molecule has 1 spiro atoms. The van der Waals surface area contributed by atoms with Crippen LogP contribution in [0, 0.1) is 22.2 Å². The van der Waals surface area contributed by atoms with Crippen LogP contribution < -0.4 is 10.6 Å². The Bertz CT molecular complexity index is 980. The second-order valence-electron chi connectivity index (χ2n) is 7.00. The molecule has 0 aromatic heterocycles. The quantitative estimate of drug-likeness (QED) is 0.430. The predicted octanol–water partition coefficient (Wildman–Crippen LogP) is 1.99. The van der Waals surface area contributed by atoms with Crippen LogP contribution in [0.25, 0.3) is 0 Å². The zero-order valence-corrected chi connectivity index (χ0v) is 17.5. The van der Waals surface area contributed by atoms with Crippen LogP contribution in [0.3, 0.4) is 0 Å². The number of hydrogen-bond acceptors (Lipinski definition) is 8. The Kier molecular flexibility index (Phi) is 5.63. The molecule has 0 radical (unpaired) electrons. The number of esters is 2. The van der Waals surface area contributed by atoms with Crippen molar-refractivity contribution in [2.24, 2.45) is 16.6 Å². The maximum Gasteiger partial charge on any atom is 0.330 e. The minimum absolute atomic E-state index is 0.0258. The molecule has 9 heteroatoms. The van der Waals surface area contributed by atoms with E-state index >= 15 is 0 Å². The van der Waals surface area contributed by atoms with E-state index in [0.29, 0.717) is 5.69 Å². The van der Waals surface area contributed by atoms with Gasteiger partial charge in [-0.15, -0.1) is 0 Å². The van der Waals surface area contributed by atoms with E-state index in [9.17, 15) is 19.6 Å². The molecule has 2 N–H and O–H groups in total. The van der Waals surface area contributed by atoms with Crippen molar-refractivity contribution < 1.29 is 23.9 Å². The summed E-state index contributed by atoms with van der Waals surface area (Å²) < 4.78 is 10.4. The normalized spacial score (nSPS) is 22.4. The van der Waals surface area contributed by atoms with E-state index in [-0.39, 0.29) is 42.3 Å². The largest absolute Gasteiger partial charge is 0.465 e. The fraction of sp³-hybridized carbons (Fsp3) is 0.381. The highest BCUT2D eigenvalue weighted by Gasteiger charge is 2.76. The van der Waals surface area contributed by atoms with E-state index < -0.39 is 28.7 Å². The highest BCUT2D eigenvalue weighted by Crippen LogP contribution is 2.61. The number of nitrogens with two attached hydrogens (primary N) is 1. The third-order valence-corrected chi connectivity index (χ3v) is 5.88. The van der Waals surface area contributed by atoms with Gasteiger partial charge in [-0.05, 0) is 26.0 Å². The SMILES string of the molecule is CCOC(=O)C1(C(=O)OCC)C(N)=C(C#N)CC12CC(=S)N(c1ccccc1)C2=O. The number of hydrogen-bond donors (Lipinski definition) is 1. The number of allylic oxidation sites excluding steroid dienone is 1. The standard InChI is InChI=1S/C21H21N3O5S/c1-3-28-18(26)21(19(27)29-4-2)16(23)13(12-22)10-20(21)11-15(30)24(17(20)25)14-8-6-5-7-9-14/h5-9H,3-4,10-11,23H2,1-2H3. The molecule has 1 saturated heterocycles. The number of para-hydroxylation sites is 1. The van der Waals surface area contributed by atoms with E-state index in [1.807, 2.05) is 6.07 Å². The molecule has 8 nitrogen and oxygen atoms in total. The maximum absolute atomic E-state index is 13.8. The number of carbonyl (C=O) groups excluding carboxylic acids is 3. The first-order chi connectivity index (χ1) is 14.3. The van der Waals surface area contributed by atoms with Gasteiger partial charge in [0.2, 0.25) is 11.3 Å². The molecule has 1 heterocycles. The zero-order valence-electron chi connectivity index (χ0n) is 16.6. The van der Waals surface area contributed by atoms with Gasteiger partial charge in [0.05, 0.1) is 41.0 Å². The van der Waals surface area contributed by atoms with E-state index in [1.54, 1.807) is 44.2 Å². The predicted molar refractivity (Wildman–Crippen MR) is 111 cm³/mol. The molecule has 0 bridgehead atoms. The van der Waals surface area contributed by atoms with Crippen molar-refractivity contribution in [2.75, 3.05) is 18.1 Å². The summed E-state index contributed by atoms with van der Waals surface area (Å²) in [4.78, 5) is 41.8. The fourth-order valence-corrected chi connectivity index (χ4v) is 4.73. The first-order valence-corrected chi connectivity index (χ1v) is 9.88. The lowest BCUT2D eigenvalue weighted by molar-refractivity contribution is -0.179. The third kappa shape index (κ3) is 2.71. The first-order valence-electron chi connectivity index (χ1n) is 9.47. The number of carbonyl (C=O) groups is 3. The van der Waals surface area contributed by atoms with Crippen LogP contribution in [0.2, 0.25) is 0 Å². The summed E-state index contributed by atoms with van der Waals surface area (Å²) in [5.41, 5.74) is 2.36. The number of ether oxygens (including phenoxy) is 2. The van der Waals surface area contributed by atoms with Crippen LogP contribution in [-0.2, 0) is 23.9 Å². The Morgan fingerprint density at radius 2 is 1.73 bits per heavy atom. The van der Waals surface area contributed by atoms with Crippen molar-refractivity contribution in [3.63, 3.8) is 0 Å². The van der Waals surface area contributed by atoms with E-state index in [2.05, 4.69) is 0 Å². The van der Waals surface area contributed by atoms with Crippen molar-refractivity contribution in [1.82, 2.24) is 0 Å². The van der Waals surface area contributed by atoms with Gasteiger partial charge in [0, 0.05) is 18.5 Å². The molecule has 1 atom stereocenters. The number of thiocarbonyl (C=S) groups is 1. The van der Waals surface area contributed by atoms with Crippen molar-refractivity contribution in [3.05, 3.63) is 41.6 Å². The Morgan fingerprint density at radius 3 is 2.23 bits per heavy atom. The topological polar surface area (TPSA) is 123 Å². The fourth-order valence-electron chi connectivity index (χ4n) is 4.30. The zero-order chi connectivity index (χ0) is 22.1. The van der Waals surface area contributed by atoms with E-state index in [1.165, 1.54) is 4.90 Å². The van der Waals surface area contributed by atoms with Gasteiger partial charge < -0.3 is 15.2 Å². The van der Waals surface area contributed by atoms with Gasteiger partial charge in [-0.3, -0.25) is 19.3 Å². The van der Waals surface area contributed by atoms with Gasteiger partial charge in [0.15, 0.2) is 0 Å². The molecule has 30 heavy (non-hydrogen) atoms. The number of benzene rings is 1. The molecule has 1 unspecified atom stereocenters. The lowest BCUT2D eigenvalue weighted by atomic mass is 9.62. The molecule has 1 aromatic carbocycles. The number of rotatable bonds is 5. The van der Waals surface area contributed by atoms with Crippen molar-refractivity contribution in [3.8, 4) is 6.07 Å². The molecule has 1 aromatic rings. The lowest BCUT2D eigenvalue weighted by Crippen LogP contribution is -2.58.